The molecule has 1 aliphatic rings. The fraction of sp³-hybridized carbons (Fsp3) is 0.591. The molecule has 1 aliphatic heterocycles. The van der Waals surface area contributed by atoms with Gasteiger partial charge in [0.2, 0.25) is 0 Å². The standard InChI is InChI=1S/C22H34N6O.HI/c1-4-7-20-26-21(29-27-20)18-9-6-8-17(15-18)16-24-22(23-3)25-19-10-13-28(12-5-2)14-11-19;/h6,8-9,15,19H,4-5,7,10-14,16H2,1-3H3,(H2,23,24,25);1H. The van der Waals surface area contributed by atoms with Crippen molar-refractivity contribution in [2.24, 2.45) is 4.99 Å². The van der Waals surface area contributed by atoms with E-state index in [1.54, 1.807) is 0 Å². The number of benzene rings is 1. The largest absolute Gasteiger partial charge is 0.354 e. The summed E-state index contributed by atoms with van der Waals surface area (Å²) in [5.41, 5.74) is 2.10. The molecule has 30 heavy (non-hydrogen) atoms. The van der Waals surface area contributed by atoms with Crippen molar-refractivity contribution in [2.75, 3.05) is 26.7 Å². The van der Waals surface area contributed by atoms with Crippen molar-refractivity contribution in [3.05, 3.63) is 35.7 Å². The molecule has 0 aliphatic carbocycles. The van der Waals surface area contributed by atoms with Gasteiger partial charge in [-0.25, -0.2) is 0 Å². The van der Waals surface area contributed by atoms with Crippen molar-refractivity contribution in [1.29, 1.82) is 0 Å². The Balaban J connectivity index is 0.00000320. The number of aromatic nitrogens is 2. The number of guanidine groups is 1. The number of hydrogen-bond donors (Lipinski definition) is 2. The number of hydrogen-bond acceptors (Lipinski definition) is 5. The maximum Gasteiger partial charge on any atom is 0.257 e. The second kappa shape index (κ2) is 12.9. The van der Waals surface area contributed by atoms with E-state index in [4.69, 9.17) is 4.52 Å². The zero-order valence-corrected chi connectivity index (χ0v) is 20.7. The third-order valence-electron chi connectivity index (χ3n) is 5.27. The molecule has 0 atom stereocenters. The first-order valence-electron chi connectivity index (χ1n) is 10.8. The van der Waals surface area contributed by atoms with Crippen molar-refractivity contribution in [3.63, 3.8) is 0 Å². The molecule has 8 heteroatoms. The highest BCUT2D eigenvalue weighted by molar-refractivity contribution is 14.0. The third kappa shape index (κ3) is 7.23. The van der Waals surface area contributed by atoms with E-state index in [2.05, 4.69) is 56.6 Å². The summed E-state index contributed by atoms with van der Waals surface area (Å²) in [6.07, 6.45) is 5.39. The van der Waals surface area contributed by atoms with Crippen molar-refractivity contribution < 1.29 is 4.52 Å². The van der Waals surface area contributed by atoms with Crippen LogP contribution in [0.5, 0.6) is 0 Å². The predicted octanol–water partition coefficient (Wildman–Crippen LogP) is 3.85. The molecule has 2 heterocycles. The monoisotopic (exact) mass is 526 g/mol. The highest BCUT2D eigenvalue weighted by Crippen LogP contribution is 2.19. The van der Waals surface area contributed by atoms with Crippen molar-refractivity contribution in [3.8, 4) is 11.5 Å². The number of rotatable bonds is 8. The lowest BCUT2D eigenvalue weighted by Crippen LogP contribution is -2.48. The van der Waals surface area contributed by atoms with E-state index in [0.717, 1.165) is 61.7 Å². The maximum absolute atomic E-state index is 5.41. The molecule has 2 aromatic rings. The number of nitrogens with one attached hydrogen (secondary N) is 2. The molecule has 0 spiro atoms. The van der Waals surface area contributed by atoms with Crippen LogP contribution in [0.3, 0.4) is 0 Å². The Morgan fingerprint density at radius 1 is 1.23 bits per heavy atom. The molecule has 0 unspecified atom stereocenters. The number of likely N-dealkylation sites (tertiary alicyclic amines) is 1. The van der Waals surface area contributed by atoms with Crippen LogP contribution in [-0.2, 0) is 13.0 Å². The maximum atomic E-state index is 5.41. The second-order valence-electron chi connectivity index (χ2n) is 7.65. The Morgan fingerprint density at radius 2 is 2.03 bits per heavy atom. The summed E-state index contributed by atoms with van der Waals surface area (Å²) < 4.78 is 5.41. The van der Waals surface area contributed by atoms with Gasteiger partial charge in [-0.3, -0.25) is 4.99 Å². The Hall–Kier alpha value is -1.68. The van der Waals surface area contributed by atoms with Crippen LogP contribution < -0.4 is 10.6 Å². The number of halogens is 1. The molecule has 0 amide bonds. The first kappa shape index (κ1) is 24.6. The van der Waals surface area contributed by atoms with Gasteiger partial charge in [0.15, 0.2) is 11.8 Å². The summed E-state index contributed by atoms with van der Waals surface area (Å²) in [4.78, 5) is 11.4. The molecule has 0 saturated carbocycles. The Kier molecular flexibility index (Phi) is 10.6. The lowest BCUT2D eigenvalue weighted by Gasteiger charge is -2.32. The van der Waals surface area contributed by atoms with Crippen LogP contribution in [0.1, 0.15) is 50.9 Å². The van der Waals surface area contributed by atoms with Gasteiger partial charge in [-0.1, -0.05) is 31.1 Å². The zero-order chi connectivity index (χ0) is 20.5. The van der Waals surface area contributed by atoms with Crippen LogP contribution in [0.4, 0.5) is 0 Å². The van der Waals surface area contributed by atoms with E-state index in [1.807, 2.05) is 19.2 Å². The molecular weight excluding hydrogens is 491 g/mol. The number of aryl methyl sites for hydroxylation is 1. The lowest BCUT2D eigenvalue weighted by molar-refractivity contribution is 0.206. The molecule has 1 aromatic heterocycles. The summed E-state index contributed by atoms with van der Waals surface area (Å²) in [5, 5.41) is 11.1. The minimum atomic E-state index is 0. The summed E-state index contributed by atoms with van der Waals surface area (Å²) in [6, 6.07) is 8.69. The average Bonchev–Trinajstić information content (AvgIpc) is 3.22. The van der Waals surface area contributed by atoms with E-state index in [9.17, 15) is 0 Å². The second-order valence-corrected chi connectivity index (χ2v) is 7.65. The van der Waals surface area contributed by atoms with E-state index in [0.29, 0.717) is 18.5 Å². The van der Waals surface area contributed by atoms with E-state index in [1.165, 1.54) is 13.0 Å². The van der Waals surface area contributed by atoms with Crippen LogP contribution in [-0.4, -0.2) is 53.7 Å². The predicted molar refractivity (Wildman–Crippen MR) is 132 cm³/mol. The number of piperidine rings is 1. The van der Waals surface area contributed by atoms with Crippen molar-refractivity contribution in [2.45, 2.75) is 58.5 Å². The summed E-state index contributed by atoms with van der Waals surface area (Å²) in [5.74, 6) is 2.20. The number of aliphatic imine (C=N–C) groups is 1. The van der Waals surface area contributed by atoms with Crippen LogP contribution in [0, 0.1) is 0 Å². The summed E-state index contributed by atoms with van der Waals surface area (Å²) in [7, 11) is 1.83. The van der Waals surface area contributed by atoms with Gasteiger partial charge in [-0.2, -0.15) is 4.98 Å². The molecule has 7 nitrogen and oxygen atoms in total. The van der Waals surface area contributed by atoms with Crippen molar-refractivity contribution >= 4 is 29.9 Å². The molecule has 3 rings (SSSR count). The minimum Gasteiger partial charge on any atom is -0.354 e. The average molecular weight is 526 g/mol. The summed E-state index contributed by atoms with van der Waals surface area (Å²) >= 11 is 0. The molecular formula is C22H35IN6O. The first-order chi connectivity index (χ1) is 14.2. The number of nitrogens with zero attached hydrogens (tertiary/aromatic N) is 4. The van der Waals surface area contributed by atoms with Gasteiger partial charge in [0, 0.05) is 44.7 Å². The van der Waals surface area contributed by atoms with Crippen LogP contribution in [0.15, 0.2) is 33.8 Å². The van der Waals surface area contributed by atoms with Crippen molar-refractivity contribution in [1.82, 2.24) is 25.7 Å². The first-order valence-corrected chi connectivity index (χ1v) is 10.8. The summed E-state index contributed by atoms with van der Waals surface area (Å²) in [6.45, 7) is 8.57. The molecule has 1 saturated heterocycles. The SMILES string of the molecule is CCCc1noc(-c2cccc(CNC(=NC)NC3CCN(CCC)CC3)c2)n1.I. The van der Waals surface area contributed by atoms with Gasteiger partial charge >= 0.3 is 0 Å². The van der Waals surface area contributed by atoms with E-state index in [-0.39, 0.29) is 24.0 Å². The molecule has 1 aromatic carbocycles. The van der Waals surface area contributed by atoms with Crippen LogP contribution in [0.2, 0.25) is 0 Å². The van der Waals surface area contributed by atoms with Gasteiger partial charge in [0.1, 0.15) is 0 Å². The topological polar surface area (TPSA) is 78.6 Å². The minimum absolute atomic E-state index is 0. The van der Waals surface area contributed by atoms with E-state index < -0.39 is 0 Å². The normalized spacial score (nSPS) is 15.6. The van der Waals surface area contributed by atoms with Gasteiger partial charge < -0.3 is 20.1 Å². The molecule has 1 fully saturated rings. The van der Waals surface area contributed by atoms with Crippen LogP contribution >= 0.6 is 24.0 Å². The highest BCUT2D eigenvalue weighted by atomic mass is 127. The Bertz CT molecular complexity index is 785. The smallest absolute Gasteiger partial charge is 0.257 e. The molecule has 0 radical (unpaired) electrons. The quantitative estimate of drug-likeness (QED) is 0.309. The van der Waals surface area contributed by atoms with Gasteiger partial charge in [-0.15, -0.1) is 24.0 Å². The van der Waals surface area contributed by atoms with E-state index >= 15 is 0 Å². The lowest BCUT2D eigenvalue weighted by atomic mass is 10.1. The molecule has 0 bridgehead atoms. The Labute approximate surface area is 197 Å². The van der Waals surface area contributed by atoms with Gasteiger partial charge in [-0.05, 0) is 49.9 Å². The molecule has 2 N–H and O–H groups in total. The third-order valence-corrected chi connectivity index (χ3v) is 5.27. The van der Waals surface area contributed by atoms with Gasteiger partial charge in [0.05, 0.1) is 0 Å². The Morgan fingerprint density at radius 3 is 2.73 bits per heavy atom. The fourth-order valence-electron chi connectivity index (χ4n) is 3.70. The zero-order valence-electron chi connectivity index (χ0n) is 18.4. The van der Waals surface area contributed by atoms with Gasteiger partial charge in [0.25, 0.3) is 5.89 Å². The van der Waals surface area contributed by atoms with Crippen LogP contribution in [0.25, 0.3) is 11.5 Å². The molecule has 166 valence electrons. The highest BCUT2D eigenvalue weighted by Gasteiger charge is 2.19. The fourth-order valence-corrected chi connectivity index (χ4v) is 3.70.